The smallest absolute Gasteiger partial charge is 0.266 e. The van der Waals surface area contributed by atoms with Crippen LogP contribution in [0.1, 0.15) is 31.1 Å². The first-order chi connectivity index (χ1) is 10.8. The third-order valence-corrected chi connectivity index (χ3v) is 3.14. The fraction of sp³-hybridized carbons (Fsp3) is 0.500. The molecule has 0 saturated carbocycles. The Hall–Kier alpha value is -2.71. The van der Waals surface area contributed by atoms with Gasteiger partial charge in [0.2, 0.25) is 11.8 Å². The molecule has 0 bridgehead atoms. The topological polar surface area (TPSA) is 125 Å². The van der Waals surface area contributed by atoms with Crippen molar-refractivity contribution in [1.29, 1.82) is 0 Å². The Labute approximate surface area is 131 Å². The van der Waals surface area contributed by atoms with Gasteiger partial charge in [0.1, 0.15) is 0 Å². The molecule has 2 aromatic heterocycles. The SMILES string of the molecule is CC(C)Cc1noc(CN(C)C(=O)Cc2cc(=O)[nH][nH]c2=O)n1. The van der Waals surface area contributed by atoms with Gasteiger partial charge >= 0.3 is 0 Å². The van der Waals surface area contributed by atoms with Gasteiger partial charge in [0.05, 0.1) is 13.0 Å². The van der Waals surface area contributed by atoms with Gasteiger partial charge < -0.3 is 9.42 Å². The Bertz CT molecular complexity index is 789. The normalized spacial score (nSPS) is 11.0. The van der Waals surface area contributed by atoms with Crippen molar-refractivity contribution in [3.8, 4) is 0 Å². The Balaban J connectivity index is 2.00. The largest absolute Gasteiger partial charge is 0.337 e. The van der Waals surface area contributed by atoms with E-state index >= 15 is 0 Å². The molecule has 0 spiro atoms. The average Bonchev–Trinajstić information content (AvgIpc) is 2.89. The molecule has 0 aliphatic heterocycles. The van der Waals surface area contributed by atoms with Gasteiger partial charge in [0.25, 0.3) is 11.1 Å². The fourth-order valence-electron chi connectivity index (χ4n) is 1.98. The number of aromatic amines is 2. The monoisotopic (exact) mass is 321 g/mol. The van der Waals surface area contributed by atoms with E-state index in [1.807, 2.05) is 13.8 Å². The molecule has 124 valence electrons. The third-order valence-electron chi connectivity index (χ3n) is 3.14. The van der Waals surface area contributed by atoms with Crippen molar-refractivity contribution in [2.24, 2.45) is 5.92 Å². The number of rotatable bonds is 6. The molecule has 23 heavy (non-hydrogen) atoms. The van der Waals surface area contributed by atoms with Crippen LogP contribution >= 0.6 is 0 Å². The van der Waals surface area contributed by atoms with E-state index in [1.165, 1.54) is 4.90 Å². The molecule has 2 rings (SSSR count). The summed E-state index contributed by atoms with van der Waals surface area (Å²) in [7, 11) is 1.57. The minimum absolute atomic E-state index is 0.108. The maximum atomic E-state index is 12.1. The molecule has 2 aromatic rings. The van der Waals surface area contributed by atoms with Gasteiger partial charge in [-0.15, -0.1) is 0 Å². The highest BCUT2D eigenvalue weighted by Crippen LogP contribution is 2.07. The molecule has 0 aliphatic carbocycles. The molecular formula is C14H19N5O4. The maximum absolute atomic E-state index is 12.1. The first kappa shape index (κ1) is 16.7. The minimum Gasteiger partial charge on any atom is -0.337 e. The summed E-state index contributed by atoms with van der Waals surface area (Å²) in [5.41, 5.74) is -0.856. The molecule has 0 radical (unpaired) electrons. The van der Waals surface area contributed by atoms with Crippen LogP contribution in [0.4, 0.5) is 0 Å². The molecule has 0 atom stereocenters. The van der Waals surface area contributed by atoms with E-state index in [2.05, 4.69) is 20.3 Å². The molecule has 9 heteroatoms. The summed E-state index contributed by atoms with van der Waals surface area (Å²) in [6, 6.07) is 1.11. The lowest BCUT2D eigenvalue weighted by Crippen LogP contribution is -2.31. The summed E-state index contributed by atoms with van der Waals surface area (Å²) in [4.78, 5) is 40.5. The van der Waals surface area contributed by atoms with Gasteiger partial charge in [0.15, 0.2) is 5.82 Å². The third kappa shape index (κ3) is 4.63. The number of hydrogen-bond acceptors (Lipinski definition) is 6. The number of likely N-dealkylation sites (N-methyl/N-ethyl adjacent to an activating group) is 1. The Morgan fingerprint density at radius 3 is 2.78 bits per heavy atom. The van der Waals surface area contributed by atoms with E-state index < -0.39 is 11.1 Å². The Morgan fingerprint density at radius 1 is 1.35 bits per heavy atom. The second kappa shape index (κ2) is 7.03. The molecule has 0 aromatic carbocycles. The number of carbonyl (C=O) groups excluding carboxylic acids is 1. The molecule has 0 unspecified atom stereocenters. The standard InChI is InChI=1S/C14H19N5O4/c1-8(2)4-10-15-12(23-18-10)7-19(3)13(21)6-9-5-11(20)16-17-14(9)22/h5,8H,4,6-7H2,1-3H3,(H,16,20)(H,17,22). The number of carbonyl (C=O) groups is 1. The maximum Gasteiger partial charge on any atom is 0.266 e. The lowest BCUT2D eigenvalue weighted by Gasteiger charge is -2.14. The van der Waals surface area contributed by atoms with Crippen LogP contribution in [-0.2, 0) is 24.2 Å². The van der Waals surface area contributed by atoms with Crippen molar-refractivity contribution in [1.82, 2.24) is 25.2 Å². The molecule has 0 saturated heterocycles. The molecule has 0 aliphatic rings. The zero-order valence-electron chi connectivity index (χ0n) is 13.3. The summed E-state index contributed by atoms with van der Waals surface area (Å²) in [6.45, 7) is 4.24. The van der Waals surface area contributed by atoms with Crippen LogP contribution < -0.4 is 11.1 Å². The zero-order valence-corrected chi connectivity index (χ0v) is 13.3. The molecule has 9 nitrogen and oxygen atoms in total. The zero-order chi connectivity index (χ0) is 17.0. The quantitative estimate of drug-likeness (QED) is 0.762. The van der Waals surface area contributed by atoms with Crippen molar-refractivity contribution >= 4 is 5.91 Å². The Morgan fingerprint density at radius 2 is 2.09 bits per heavy atom. The molecular weight excluding hydrogens is 302 g/mol. The van der Waals surface area contributed by atoms with Crippen LogP contribution in [0.2, 0.25) is 0 Å². The second-order valence-corrected chi connectivity index (χ2v) is 5.74. The van der Waals surface area contributed by atoms with E-state index in [9.17, 15) is 14.4 Å². The van der Waals surface area contributed by atoms with Crippen LogP contribution in [0.25, 0.3) is 0 Å². The summed E-state index contributed by atoms with van der Waals surface area (Å²) < 4.78 is 5.10. The highest BCUT2D eigenvalue weighted by molar-refractivity contribution is 5.78. The number of aromatic nitrogens is 4. The molecule has 0 fully saturated rings. The first-order valence-corrected chi connectivity index (χ1v) is 7.21. The van der Waals surface area contributed by atoms with E-state index in [1.54, 1.807) is 7.05 Å². The van der Waals surface area contributed by atoms with Crippen molar-refractivity contribution in [3.63, 3.8) is 0 Å². The lowest BCUT2D eigenvalue weighted by atomic mass is 10.1. The summed E-state index contributed by atoms with van der Waals surface area (Å²) in [6.07, 6.45) is 0.520. The van der Waals surface area contributed by atoms with Crippen LogP contribution in [0.15, 0.2) is 20.2 Å². The van der Waals surface area contributed by atoms with Gasteiger partial charge in [-0.1, -0.05) is 19.0 Å². The molecule has 1 amide bonds. The lowest BCUT2D eigenvalue weighted by molar-refractivity contribution is -0.130. The minimum atomic E-state index is -0.497. The second-order valence-electron chi connectivity index (χ2n) is 5.74. The summed E-state index contributed by atoms with van der Waals surface area (Å²) in [5.74, 6) is 1.01. The fourth-order valence-corrected chi connectivity index (χ4v) is 1.98. The van der Waals surface area contributed by atoms with Crippen molar-refractivity contribution in [3.05, 3.63) is 44.1 Å². The van der Waals surface area contributed by atoms with Crippen molar-refractivity contribution in [2.75, 3.05) is 7.05 Å². The predicted octanol–water partition coefficient (Wildman–Crippen LogP) is -0.154. The van der Waals surface area contributed by atoms with Crippen LogP contribution in [-0.4, -0.2) is 38.2 Å². The van der Waals surface area contributed by atoms with Crippen molar-refractivity contribution in [2.45, 2.75) is 33.2 Å². The highest BCUT2D eigenvalue weighted by atomic mass is 16.5. The van der Waals surface area contributed by atoms with Gasteiger partial charge in [-0.2, -0.15) is 4.98 Å². The number of nitrogens with zero attached hydrogens (tertiary/aromatic N) is 3. The summed E-state index contributed by atoms with van der Waals surface area (Å²) in [5, 5.41) is 8.18. The van der Waals surface area contributed by atoms with Crippen LogP contribution in [0.5, 0.6) is 0 Å². The Kier molecular flexibility index (Phi) is 5.09. The number of H-pyrrole nitrogens is 2. The van der Waals surface area contributed by atoms with E-state index in [0.29, 0.717) is 24.1 Å². The van der Waals surface area contributed by atoms with Crippen LogP contribution in [0, 0.1) is 5.92 Å². The van der Waals surface area contributed by atoms with E-state index in [-0.39, 0.29) is 24.4 Å². The van der Waals surface area contributed by atoms with Crippen LogP contribution in [0.3, 0.4) is 0 Å². The molecule has 2 N–H and O–H groups in total. The highest BCUT2D eigenvalue weighted by Gasteiger charge is 2.16. The van der Waals surface area contributed by atoms with Gasteiger partial charge in [-0.3, -0.25) is 24.6 Å². The van der Waals surface area contributed by atoms with E-state index in [0.717, 1.165) is 6.07 Å². The van der Waals surface area contributed by atoms with Gasteiger partial charge in [-0.05, 0) is 5.92 Å². The number of nitrogens with one attached hydrogen (secondary N) is 2. The molecule has 2 heterocycles. The first-order valence-electron chi connectivity index (χ1n) is 7.21. The average molecular weight is 321 g/mol. The van der Waals surface area contributed by atoms with Crippen molar-refractivity contribution < 1.29 is 9.32 Å². The number of amides is 1. The van der Waals surface area contributed by atoms with E-state index in [4.69, 9.17) is 4.52 Å². The number of hydrogen-bond donors (Lipinski definition) is 2. The summed E-state index contributed by atoms with van der Waals surface area (Å²) >= 11 is 0. The van der Waals surface area contributed by atoms with Gasteiger partial charge in [0, 0.05) is 25.1 Å². The predicted molar refractivity (Wildman–Crippen MR) is 80.7 cm³/mol. The van der Waals surface area contributed by atoms with Gasteiger partial charge in [-0.25, -0.2) is 0 Å².